The molecule has 1 atom stereocenters. The fraction of sp³-hybridized carbons (Fsp3) is 0.133. The Morgan fingerprint density at radius 2 is 1.88 bits per heavy atom. The number of halogens is 3. The fourth-order valence-corrected chi connectivity index (χ4v) is 3.50. The van der Waals surface area contributed by atoms with Gasteiger partial charge in [0.05, 0.1) is 16.0 Å². The maximum atomic E-state index is 13.1. The smallest absolute Gasteiger partial charge is 0.242 e. The van der Waals surface area contributed by atoms with E-state index in [9.17, 15) is 17.6 Å². The zero-order chi connectivity index (χ0) is 17.9. The van der Waals surface area contributed by atoms with E-state index in [1.54, 1.807) is 0 Å². The van der Waals surface area contributed by atoms with Crippen LogP contribution in [-0.2, 0) is 14.8 Å². The Hall–Kier alpha value is -1.67. The van der Waals surface area contributed by atoms with Crippen LogP contribution < -0.4 is 10.0 Å². The van der Waals surface area contributed by atoms with Crippen LogP contribution in [0.5, 0.6) is 0 Å². The van der Waals surface area contributed by atoms with Gasteiger partial charge >= 0.3 is 0 Å². The van der Waals surface area contributed by atoms with Crippen LogP contribution in [0, 0.1) is 5.82 Å². The van der Waals surface area contributed by atoms with Crippen molar-refractivity contribution in [3.05, 3.63) is 58.3 Å². The van der Waals surface area contributed by atoms with Gasteiger partial charge in [-0.05, 0) is 43.3 Å². The second kappa shape index (κ2) is 7.48. The van der Waals surface area contributed by atoms with E-state index in [0.29, 0.717) is 0 Å². The Morgan fingerprint density at radius 3 is 2.50 bits per heavy atom. The van der Waals surface area contributed by atoms with Crippen molar-refractivity contribution in [3.63, 3.8) is 0 Å². The van der Waals surface area contributed by atoms with Crippen molar-refractivity contribution in [2.45, 2.75) is 17.9 Å². The third-order valence-electron chi connectivity index (χ3n) is 3.02. The van der Waals surface area contributed by atoms with Crippen LogP contribution in [0.1, 0.15) is 6.92 Å². The first-order valence-corrected chi connectivity index (χ1v) is 8.97. The van der Waals surface area contributed by atoms with E-state index in [-0.39, 0.29) is 20.6 Å². The second-order valence-corrected chi connectivity index (χ2v) is 7.48. The molecule has 0 heterocycles. The van der Waals surface area contributed by atoms with Crippen molar-refractivity contribution in [1.82, 2.24) is 4.72 Å². The predicted octanol–water partition coefficient (Wildman–Crippen LogP) is 3.44. The number of nitrogens with one attached hydrogen (secondary N) is 2. The van der Waals surface area contributed by atoms with E-state index < -0.39 is 27.8 Å². The highest BCUT2D eigenvalue weighted by Crippen LogP contribution is 2.20. The van der Waals surface area contributed by atoms with Gasteiger partial charge in [-0.3, -0.25) is 4.79 Å². The summed E-state index contributed by atoms with van der Waals surface area (Å²) in [5.74, 6) is -1.24. The van der Waals surface area contributed by atoms with Gasteiger partial charge < -0.3 is 5.32 Å². The summed E-state index contributed by atoms with van der Waals surface area (Å²) in [5, 5.41) is 2.56. The van der Waals surface area contributed by atoms with Gasteiger partial charge in [0, 0.05) is 10.7 Å². The molecule has 0 saturated heterocycles. The third-order valence-corrected chi connectivity index (χ3v) is 5.08. The van der Waals surface area contributed by atoms with Gasteiger partial charge in [0.15, 0.2) is 0 Å². The second-order valence-electron chi connectivity index (χ2n) is 4.92. The number of amides is 1. The van der Waals surface area contributed by atoms with Crippen molar-refractivity contribution in [2.75, 3.05) is 5.32 Å². The summed E-state index contributed by atoms with van der Waals surface area (Å²) in [7, 11) is -3.92. The number of carbonyl (C=O) groups excluding carboxylic acids is 1. The van der Waals surface area contributed by atoms with Gasteiger partial charge in [-0.2, -0.15) is 4.72 Å². The standard InChI is InChI=1S/C15H13Cl2FN2O3S/c1-9(15(21)19-11-5-6-14(18)13(17)8-11)20-24(22,23)12-4-2-3-10(16)7-12/h2-9,20H,1H3,(H,19,21)/t9-/m0/s1. The number of benzene rings is 2. The highest BCUT2D eigenvalue weighted by atomic mass is 35.5. The van der Waals surface area contributed by atoms with Crippen LogP contribution in [0.4, 0.5) is 10.1 Å². The van der Waals surface area contributed by atoms with Crippen molar-refractivity contribution >= 4 is 44.8 Å². The predicted molar refractivity (Wildman–Crippen MR) is 91.3 cm³/mol. The van der Waals surface area contributed by atoms with Gasteiger partial charge in [0.1, 0.15) is 5.82 Å². The first-order valence-electron chi connectivity index (χ1n) is 6.73. The molecular weight excluding hydrogens is 378 g/mol. The van der Waals surface area contributed by atoms with E-state index in [0.717, 1.165) is 6.07 Å². The van der Waals surface area contributed by atoms with Gasteiger partial charge in [-0.15, -0.1) is 0 Å². The molecule has 0 bridgehead atoms. The number of carbonyl (C=O) groups is 1. The molecule has 2 rings (SSSR count). The molecule has 24 heavy (non-hydrogen) atoms. The molecule has 0 spiro atoms. The molecule has 0 aliphatic rings. The van der Waals surface area contributed by atoms with Crippen LogP contribution in [0.3, 0.4) is 0 Å². The summed E-state index contributed by atoms with van der Waals surface area (Å²) in [6, 6.07) is 8.23. The van der Waals surface area contributed by atoms with E-state index in [4.69, 9.17) is 23.2 Å². The summed E-state index contributed by atoms with van der Waals surface area (Å²) >= 11 is 11.4. The van der Waals surface area contributed by atoms with Gasteiger partial charge in [0.2, 0.25) is 15.9 Å². The average Bonchev–Trinajstić information content (AvgIpc) is 2.50. The SMILES string of the molecule is C[C@H](NS(=O)(=O)c1cccc(Cl)c1)C(=O)Nc1ccc(F)c(Cl)c1. The largest absolute Gasteiger partial charge is 0.325 e. The van der Waals surface area contributed by atoms with Crippen LogP contribution in [0.2, 0.25) is 10.0 Å². The first kappa shape index (κ1) is 18.7. The quantitative estimate of drug-likeness (QED) is 0.820. The number of rotatable bonds is 5. The Balaban J connectivity index is 2.09. The van der Waals surface area contributed by atoms with Crippen molar-refractivity contribution < 1.29 is 17.6 Å². The van der Waals surface area contributed by atoms with Gasteiger partial charge in [-0.1, -0.05) is 29.3 Å². The molecule has 2 aromatic carbocycles. The molecule has 0 aliphatic heterocycles. The lowest BCUT2D eigenvalue weighted by molar-refractivity contribution is -0.117. The lowest BCUT2D eigenvalue weighted by atomic mass is 10.3. The van der Waals surface area contributed by atoms with E-state index in [1.165, 1.54) is 43.3 Å². The Labute approximate surface area is 148 Å². The molecule has 128 valence electrons. The summed E-state index contributed by atoms with van der Waals surface area (Å²) in [5.41, 5.74) is 0.250. The molecule has 0 saturated carbocycles. The first-order chi connectivity index (χ1) is 11.2. The minimum Gasteiger partial charge on any atom is -0.325 e. The number of hydrogen-bond donors (Lipinski definition) is 2. The molecule has 5 nitrogen and oxygen atoms in total. The van der Waals surface area contributed by atoms with Crippen molar-refractivity contribution in [3.8, 4) is 0 Å². The van der Waals surface area contributed by atoms with Gasteiger partial charge in [-0.25, -0.2) is 12.8 Å². The molecule has 9 heteroatoms. The van der Waals surface area contributed by atoms with Gasteiger partial charge in [0.25, 0.3) is 0 Å². The van der Waals surface area contributed by atoms with Crippen LogP contribution >= 0.6 is 23.2 Å². The fourth-order valence-electron chi connectivity index (χ4n) is 1.81. The summed E-state index contributed by atoms with van der Waals surface area (Å²) in [4.78, 5) is 12.0. The minimum atomic E-state index is -3.92. The summed E-state index contributed by atoms with van der Waals surface area (Å²) < 4.78 is 39.8. The molecule has 0 fully saturated rings. The van der Waals surface area contributed by atoms with Crippen molar-refractivity contribution in [1.29, 1.82) is 0 Å². The molecule has 0 radical (unpaired) electrons. The Kier molecular flexibility index (Phi) is 5.82. The highest BCUT2D eigenvalue weighted by Gasteiger charge is 2.22. The van der Waals surface area contributed by atoms with Crippen LogP contribution in [0.15, 0.2) is 47.4 Å². The number of anilines is 1. The van der Waals surface area contributed by atoms with Crippen LogP contribution in [0.25, 0.3) is 0 Å². The maximum absolute atomic E-state index is 13.1. The molecule has 1 amide bonds. The normalized spacial score (nSPS) is 12.7. The molecule has 2 aromatic rings. The minimum absolute atomic E-state index is 0.0560. The Bertz CT molecular complexity index is 875. The molecule has 0 aromatic heterocycles. The maximum Gasteiger partial charge on any atom is 0.242 e. The average molecular weight is 391 g/mol. The lowest BCUT2D eigenvalue weighted by Crippen LogP contribution is -2.41. The topological polar surface area (TPSA) is 75.3 Å². The van der Waals surface area contributed by atoms with E-state index in [1.807, 2.05) is 0 Å². The lowest BCUT2D eigenvalue weighted by Gasteiger charge is -2.15. The zero-order valence-electron chi connectivity index (χ0n) is 12.4. The summed E-state index contributed by atoms with van der Waals surface area (Å²) in [6.07, 6.45) is 0. The zero-order valence-corrected chi connectivity index (χ0v) is 14.7. The molecule has 0 aliphatic carbocycles. The number of sulfonamides is 1. The van der Waals surface area contributed by atoms with Crippen molar-refractivity contribution in [2.24, 2.45) is 0 Å². The molecule has 2 N–H and O–H groups in total. The highest BCUT2D eigenvalue weighted by molar-refractivity contribution is 7.89. The molecular formula is C15H13Cl2FN2O3S. The monoisotopic (exact) mass is 390 g/mol. The Morgan fingerprint density at radius 1 is 1.17 bits per heavy atom. The third kappa shape index (κ3) is 4.67. The molecule has 0 unspecified atom stereocenters. The van der Waals surface area contributed by atoms with Crippen LogP contribution in [-0.4, -0.2) is 20.4 Å². The number of hydrogen-bond acceptors (Lipinski definition) is 3. The van der Waals surface area contributed by atoms with E-state index in [2.05, 4.69) is 10.0 Å². The van der Waals surface area contributed by atoms with E-state index >= 15 is 0 Å². The summed E-state index contributed by atoms with van der Waals surface area (Å²) in [6.45, 7) is 1.38.